The summed E-state index contributed by atoms with van der Waals surface area (Å²) in [5, 5.41) is 0. The Morgan fingerprint density at radius 2 is 1.68 bits per heavy atom. The molecular weight excluding hydrogens is 428 g/mol. The molecule has 0 saturated heterocycles. The number of rotatable bonds is 8. The van der Waals surface area contributed by atoms with Crippen LogP contribution in [0.5, 0.6) is 0 Å². The number of allylic oxidation sites excluding steroid dienone is 3. The van der Waals surface area contributed by atoms with Crippen molar-refractivity contribution in [2.75, 3.05) is 0 Å². The van der Waals surface area contributed by atoms with Gasteiger partial charge in [-0.1, -0.05) is 115 Å². The van der Waals surface area contributed by atoms with E-state index in [9.17, 15) is 0 Å². The molecule has 2 aliphatic rings. The Balaban J connectivity index is 1.41. The Morgan fingerprint density at radius 3 is 2.41 bits per heavy atom. The van der Waals surface area contributed by atoms with E-state index in [1.165, 1.54) is 71.4 Å². The monoisotopic (exact) mass is 472 g/mol. The summed E-state index contributed by atoms with van der Waals surface area (Å²) in [6.45, 7) is 14.0. The quantitative estimate of drug-likeness (QED) is 0.368. The average Bonchev–Trinajstić information content (AvgIpc) is 2.84. The van der Waals surface area contributed by atoms with Crippen LogP contribution < -0.4 is 0 Å². The third-order valence-corrected chi connectivity index (χ3v) is 9.67. The van der Waals surface area contributed by atoms with Crippen molar-refractivity contribution in [3.05, 3.63) is 87.3 Å². The van der Waals surface area contributed by atoms with Gasteiger partial charge in [0.15, 0.2) is 0 Å². The lowest BCUT2D eigenvalue weighted by Crippen LogP contribution is -2.15. The minimum atomic E-state index is 0.220. The number of fused-ring (bicyclic) bond motifs is 2. The molecule has 2 aromatic rings. The summed E-state index contributed by atoms with van der Waals surface area (Å²) in [4.78, 5) is 2.98. The molecule has 0 spiro atoms. The predicted molar refractivity (Wildman–Crippen MR) is 151 cm³/mol. The molecule has 0 radical (unpaired) electrons. The van der Waals surface area contributed by atoms with Crippen LogP contribution in [-0.4, -0.2) is 0 Å². The van der Waals surface area contributed by atoms with Gasteiger partial charge >= 0.3 is 0 Å². The highest BCUT2D eigenvalue weighted by Crippen LogP contribution is 2.45. The van der Waals surface area contributed by atoms with Crippen LogP contribution in [0.25, 0.3) is 0 Å². The topological polar surface area (TPSA) is 0 Å². The van der Waals surface area contributed by atoms with E-state index in [0.717, 1.165) is 6.42 Å². The second kappa shape index (κ2) is 10.5. The van der Waals surface area contributed by atoms with Crippen molar-refractivity contribution in [3.63, 3.8) is 0 Å². The molecule has 1 aliphatic carbocycles. The number of benzene rings is 2. The van der Waals surface area contributed by atoms with Gasteiger partial charge in [-0.05, 0) is 89.2 Å². The fourth-order valence-corrected chi connectivity index (χ4v) is 6.31. The first-order chi connectivity index (χ1) is 16.2. The zero-order valence-corrected chi connectivity index (χ0v) is 23.2. The lowest BCUT2D eigenvalue weighted by atomic mass is 9.79. The van der Waals surface area contributed by atoms with Crippen LogP contribution in [0, 0.1) is 11.3 Å². The Morgan fingerprint density at radius 1 is 0.912 bits per heavy atom. The Hall–Kier alpha value is -1.73. The van der Waals surface area contributed by atoms with E-state index >= 15 is 0 Å². The molecule has 1 aliphatic heterocycles. The summed E-state index contributed by atoms with van der Waals surface area (Å²) in [7, 11) is 0. The first-order valence-electron chi connectivity index (χ1n) is 13.5. The van der Waals surface area contributed by atoms with Gasteiger partial charge in [0, 0.05) is 9.80 Å². The average molecular weight is 473 g/mol. The molecule has 182 valence electrons. The molecule has 0 saturated carbocycles. The lowest BCUT2D eigenvalue weighted by Gasteiger charge is -2.28. The van der Waals surface area contributed by atoms with Crippen LogP contribution in [0.1, 0.15) is 95.9 Å². The molecule has 0 fully saturated rings. The largest absolute Gasteiger partial charge is 0.0898 e. The van der Waals surface area contributed by atoms with Gasteiger partial charge in [0.2, 0.25) is 0 Å². The van der Waals surface area contributed by atoms with E-state index in [2.05, 4.69) is 96.2 Å². The van der Waals surface area contributed by atoms with Gasteiger partial charge in [-0.2, -0.15) is 0 Å². The van der Waals surface area contributed by atoms with Crippen molar-refractivity contribution in [3.8, 4) is 0 Å². The minimum absolute atomic E-state index is 0.220. The molecular formula is C33H44S. The van der Waals surface area contributed by atoms with Gasteiger partial charge in [0.25, 0.3) is 0 Å². The van der Waals surface area contributed by atoms with E-state index in [4.69, 9.17) is 0 Å². The highest BCUT2D eigenvalue weighted by molar-refractivity contribution is 8.03. The molecule has 4 rings (SSSR count). The molecule has 1 atom stereocenters. The molecule has 0 aromatic heterocycles. The van der Waals surface area contributed by atoms with Gasteiger partial charge in [-0.15, -0.1) is 0 Å². The van der Waals surface area contributed by atoms with Crippen molar-refractivity contribution >= 4 is 11.8 Å². The highest BCUT2D eigenvalue weighted by atomic mass is 32.2. The fourth-order valence-electron chi connectivity index (χ4n) is 5.22. The molecule has 2 aromatic carbocycles. The number of thioether (sulfide) groups is 1. The Bertz CT molecular complexity index is 1060. The van der Waals surface area contributed by atoms with Crippen LogP contribution in [0.4, 0.5) is 0 Å². The van der Waals surface area contributed by atoms with Crippen molar-refractivity contribution in [2.45, 2.75) is 103 Å². The summed E-state index contributed by atoms with van der Waals surface area (Å²) in [6, 6.07) is 16.5. The minimum Gasteiger partial charge on any atom is -0.0898 e. The smallest absolute Gasteiger partial charge is 0.0157 e. The second-order valence-electron chi connectivity index (χ2n) is 12.0. The molecule has 1 unspecified atom stereocenters. The summed E-state index contributed by atoms with van der Waals surface area (Å²) in [5.74, 6) is 0.664. The molecule has 1 heteroatoms. The van der Waals surface area contributed by atoms with Crippen LogP contribution >= 0.6 is 11.8 Å². The van der Waals surface area contributed by atoms with E-state index in [-0.39, 0.29) is 5.41 Å². The Kier molecular flexibility index (Phi) is 7.82. The second-order valence-corrected chi connectivity index (χ2v) is 13.1. The van der Waals surface area contributed by atoms with Gasteiger partial charge < -0.3 is 0 Å². The maximum absolute atomic E-state index is 2.61. The Labute approximate surface area is 213 Å². The van der Waals surface area contributed by atoms with Gasteiger partial charge in [-0.25, -0.2) is 0 Å². The van der Waals surface area contributed by atoms with Gasteiger partial charge in [-0.3, -0.25) is 0 Å². The van der Waals surface area contributed by atoms with Gasteiger partial charge in [0.05, 0.1) is 0 Å². The van der Waals surface area contributed by atoms with Crippen LogP contribution in [0.3, 0.4) is 0 Å². The third kappa shape index (κ3) is 6.09. The summed E-state index contributed by atoms with van der Waals surface area (Å²) < 4.78 is 0. The zero-order valence-electron chi connectivity index (χ0n) is 22.3. The van der Waals surface area contributed by atoms with Crippen molar-refractivity contribution in [1.29, 1.82) is 0 Å². The van der Waals surface area contributed by atoms with Crippen LogP contribution in [-0.2, 0) is 24.7 Å². The first kappa shape index (κ1) is 25.4. The number of aryl methyl sites for hydroxylation is 2. The van der Waals surface area contributed by atoms with Crippen LogP contribution in [0.15, 0.2) is 70.0 Å². The summed E-state index contributed by atoms with van der Waals surface area (Å²) >= 11 is 2.00. The summed E-state index contributed by atoms with van der Waals surface area (Å²) in [6.07, 6.45) is 14.9. The predicted octanol–water partition coefficient (Wildman–Crippen LogP) is 9.85. The van der Waals surface area contributed by atoms with E-state index in [0.29, 0.717) is 11.3 Å². The molecule has 0 N–H and O–H groups in total. The number of hydrogen-bond acceptors (Lipinski definition) is 1. The van der Waals surface area contributed by atoms with Crippen molar-refractivity contribution in [1.82, 2.24) is 0 Å². The van der Waals surface area contributed by atoms with E-state index in [1.807, 2.05) is 11.8 Å². The highest BCUT2D eigenvalue weighted by Gasteiger charge is 2.24. The number of hydrogen-bond donors (Lipinski definition) is 0. The molecule has 0 bridgehead atoms. The maximum atomic E-state index is 2.61. The maximum Gasteiger partial charge on any atom is 0.0157 e. The zero-order chi connectivity index (χ0) is 24.3. The first-order valence-corrected chi connectivity index (χ1v) is 14.3. The van der Waals surface area contributed by atoms with Gasteiger partial charge in [0.1, 0.15) is 0 Å². The van der Waals surface area contributed by atoms with E-state index < -0.39 is 0 Å². The van der Waals surface area contributed by atoms with Crippen molar-refractivity contribution in [2.24, 2.45) is 11.3 Å². The standard InChI is InChI=1S/C33H44S/c1-7-33(6,8-2)19-18-26-15-17-31-28(21-26)23-27-20-25(14-16-30(27)34-31)13-12-24-10-9-11-29(22-24)32(3,4)5/h9-11,15-17,20-22,25H,7-8,12-14,18-19,23H2,1-6H3. The fraction of sp³-hybridized carbons (Fsp3) is 0.515. The lowest BCUT2D eigenvalue weighted by molar-refractivity contribution is 0.273. The molecule has 0 amide bonds. The van der Waals surface area contributed by atoms with E-state index in [1.54, 1.807) is 11.1 Å². The molecule has 0 nitrogen and oxygen atoms in total. The molecule has 1 heterocycles. The van der Waals surface area contributed by atoms with Crippen LogP contribution in [0.2, 0.25) is 0 Å². The normalized spacial score (nSPS) is 18.1. The van der Waals surface area contributed by atoms with Crippen molar-refractivity contribution < 1.29 is 0 Å². The SMILES string of the molecule is CCC(C)(CC)CCc1ccc2c(c1)CC1=CC(CCc3cccc(C(C)(C)C)c3)CC=C1S2. The third-order valence-electron chi connectivity index (χ3n) is 8.41. The molecule has 34 heavy (non-hydrogen) atoms. The summed E-state index contributed by atoms with van der Waals surface area (Å²) in [5.41, 5.74) is 8.26.